The van der Waals surface area contributed by atoms with Crippen molar-refractivity contribution in [3.05, 3.63) is 24.5 Å². The number of alkyl halides is 3. The number of hydrogen-bond acceptors (Lipinski definition) is 1. The fraction of sp³-hybridized carbons (Fsp3) is 0.545. The second-order valence-electron chi connectivity index (χ2n) is 4.15. The molecule has 3 nitrogen and oxygen atoms in total. The number of hydrogen-bond donors (Lipinski definition) is 0. The predicted molar refractivity (Wildman–Crippen MR) is 55.3 cm³/mol. The Morgan fingerprint density at radius 2 is 1.65 bits per heavy atom. The molecule has 2 rings (SSSR count). The predicted octanol–water partition coefficient (Wildman–Crippen LogP) is 2.21. The zero-order valence-corrected chi connectivity index (χ0v) is 9.15. The largest absolute Gasteiger partial charge is 0.471 e. The van der Waals surface area contributed by atoms with Crippen LogP contribution in [0.5, 0.6) is 0 Å². The summed E-state index contributed by atoms with van der Waals surface area (Å²) in [7, 11) is 0. The molecule has 1 saturated heterocycles. The van der Waals surface area contributed by atoms with Gasteiger partial charge >= 0.3 is 12.1 Å². The lowest BCUT2D eigenvalue weighted by atomic mass is 10.0. The van der Waals surface area contributed by atoms with Crippen LogP contribution in [0.3, 0.4) is 0 Å². The molecule has 0 N–H and O–H groups in total. The van der Waals surface area contributed by atoms with Gasteiger partial charge in [0.15, 0.2) is 0 Å². The number of amides is 1. The molecular formula is C11H13F3N2O. The van der Waals surface area contributed by atoms with E-state index in [1.807, 2.05) is 29.1 Å². The highest BCUT2D eigenvalue weighted by Crippen LogP contribution is 2.26. The average molecular weight is 246 g/mol. The Kier molecular flexibility index (Phi) is 3.13. The van der Waals surface area contributed by atoms with Crippen molar-refractivity contribution < 1.29 is 18.0 Å². The van der Waals surface area contributed by atoms with Gasteiger partial charge in [0.05, 0.1) is 0 Å². The van der Waals surface area contributed by atoms with Gasteiger partial charge in [-0.1, -0.05) is 0 Å². The lowest BCUT2D eigenvalue weighted by Gasteiger charge is -2.33. The number of rotatable bonds is 1. The van der Waals surface area contributed by atoms with Crippen LogP contribution in [0.15, 0.2) is 24.5 Å². The molecule has 94 valence electrons. The summed E-state index contributed by atoms with van der Waals surface area (Å²) in [6.45, 7) is 0.336. The first kappa shape index (κ1) is 12.0. The summed E-state index contributed by atoms with van der Waals surface area (Å²) in [4.78, 5) is 11.9. The molecule has 0 aromatic carbocycles. The van der Waals surface area contributed by atoms with Gasteiger partial charge in [-0.3, -0.25) is 4.79 Å². The average Bonchev–Trinajstić information content (AvgIpc) is 2.80. The summed E-state index contributed by atoms with van der Waals surface area (Å²) < 4.78 is 38.6. The number of halogens is 3. The maximum absolute atomic E-state index is 12.2. The van der Waals surface area contributed by atoms with Crippen molar-refractivity contribution in [1.82, 2.24) is 9.47 Å². The van der Waals surface area contributed by atoms with Gasteiger partial charge in [0, 0.05) is 31.5 Å². The highest BCUT2D eigenvalue weighted by molar-refractivity contribution is 5.81. The summed E-state index contributed by atoms with van der Waals surface area (Å²) in [6.07, 6.45) is 0.172. The Hall–Kier alpha value is -1.46. The van der Waals surface area contributed by atoms with Crippen molar-refractivity contribution in [3.8, 4) is 0 Å². The van der Waals surface area contributed by atoms with Crippen LogP contribution >= 0.6 is 0 Å². The number of likely N-dealkylation sites (tertiary alicyclic amines) is 1. The smallest absolute Gasteiger partial charge is 0.351 e. The number of nitrogens with zero attached hydrogens (tertiary/aromatic N) is 2. The fourth-order valence-corrected chi connectivity index (χ4v) is 2.14. The first-order valence-corrected chi connectivity index (χ1v) is 5.47. The number of carbonyl (C=O) groups is 1. The van der Waals surface area contributed by atoms with Crippen LogP contribution in [0.1, 0.15) is 18.9 Å². The standard InChI is InChI=1S/C11H13F3N2O/c12-11(13,14)10(17)16-7-3-9(4-8-16)15-5-1-2-6-15/h1-2,5-6,9H,3-4,7-8H2. The van der Waals surface area contributed by atoms with Crippen LogP contribution in [0.25, 0.3) is 0 Å². The molecule has 1 aliphatic heterocycles. The van der Waals surface area contributed by atoms with E-state index >= 15 is 0 Å². The molecule has 1 aliphatic rings. The molecule has 0 bridgehead atoms. The van der Waals surface area contributed by atoms with E-state index in [1.165, 1.54) is 0 Å². The van der Waals surface area contributed by atoms with E-state index in [0.29, 0.717) is 12.8 Å². The highest BCUT2D eigenvalue weighted by Gasteiger charge is 2.43. The molecule has 0 saturated carbocycles. The molecule has 0 atom stereocenters. The first-order chi connectivity index (χ1) is 7.98. The normalized spacial score (nSPS) is 18.4. The van der Waals surface area contributed by atoms with E-state index in [9.17, 15) is 18.0 Å². The third-order valence-electron chi connectivity index (χ3n) is 3.04. The van der Waals surface area contributed by atoms with Crippen LogP contribution in [-0.4, -0.2) is 34.6 Å². The van der Waals surface area contributed by atoms with Crippen LogP contribution in [0.2, 0.25) is 0 Å². The molecule has 0 aliphatic carbocycles. The molecular weight excluding hydrogens is 233 g/mol. The van der Waals surface area contributed by atoms with Gasteiger partial charge in [-0.2, -0.15) is 13.2 Å². The Labute approximate surface area is 96.8 Å². The topological polar surface area (TPSA) is 25.2 Å². The van der Waals surface area contributed by atoms with Gasteiger partial charge in [0.1, 0.15) is 0 Å². The molecule has 1 aromatic heterocycles. The third kappa shape index (κ3) is 2.62. The SMILES string of the molecule is O=C(N1CCC(n2cccc2)CC1)C(F)(F)F. The van der Waals surface area contributed by atoms with Crippen LogP contribution < -0.4 is 0 Å². The van der Waals surface area contributed by atoms with Gasteiger partial charge in [0.25, 0.3) is 0 Å². The molecule has 0 unspecified atom stereocenters. The Balaban J connectivity index is 1.93. The van der Waals surface area contributed by atoms with E-state index in [0.717, 1.165) is 4.90 Å². The molecule has 1 amide bonds. The van der Waals surface area contributed by atoms with E-state index in [-0.39, 0.29) is 19.1 Å². The summed E-state index contributed by atoms with van der Waals surface area (Å²) in [5, 5.41) is 0. The molecule has 1 fully saturated rings. The Morgan fingerprint density at radius 1 is 1.12 bits per heavy atom. The lowest BCUT2D eigenvalue weighted by molar-refractivity contribution is -0.186. The van der Waals surface area contributed by atoms with Gasteiger partial charge < -0.3 is 9.47 Å². The third-order valence-corrected chi connectivity index (χ3v) is 3.04. The van der Waals surface area contributed by atoms with Crippen molar-refractivity contribution >= 4 is 5.91 Å². The zero-order valence-electron chi connectivity index (χ0n) is 9.15. The fourth-order valence-electron chi connectivity index (χ4n) is 2.14. The van der Waals surface area contributed by atoms with E-state index in [1.54, 1.807) is 0 Å². The zero-order chi connectivity index (χ0) is 12.5. The second kappa shape index (κ2) is 4.43. The maximum atomic E-state index is 12.2. The minimum Gasteiger partial charge on any atom is -0.351 e. The van der Waals surface area contributed by atoms with Crippen LogP contribution in [0.4, 0.5) is 13.2 Å². The quantitative estimate of drug-likeness (QED) is 0.745. The van der Waals surface area contributed by atoms with Crippen molar-refractivity contribution in [2.24, 2.45) is 0 Å². The van der Waals surface area contributed by atoms with E-state index < -0.39 is 12.1 Å². The number of aromatic nitrogens is 1. The van der Waals surface area contributed by atoms with Gasteiger partial charge in [-0.05, 0) is 25.0 Å². The van der Waals surface area contributed by atoms with Gasteiger partial charge in [-0.25, -0.2) is 0 Å². The van der Waals surface area contributed by atoms with E-state index in [2.05, 4.69) is 0 Å². The first-order valence-electron chi connectivity index (χ1n) is 5.47. The van der Waals surface area contributed by atoms with Crippen molar-refractivity contribution in [3.63, 3.8) is 0 Å². The number of piperidine rings is 1. The lowest BCUT2D eigenvalue weighted by Crippen LogP contribution is -2.45. The van der Waals surface area contributed by atoms with Gasteiger partial charge in [-0.15, -0.1) is 0 Å². The second-order valence-corrected chi connectivity index (χ2v) is 4.15. The van der Waals surface area contributed by atoms with E-state index in [4.69, 9.17) is 0 Å². The minimum absolute atomic E-state index is 0.168. The van der Waals surface area contributed by atoms with Crippen molar-refractivity contribution in [2.75, 3.05) is 13.1 Å². The monoisotopic (exact) mass is 246 g/mol. The van der Waals surface area contributed by atoms with Crippen molar-refractivity contribution in [1.29, 1.82) is 0 Å². The van der Waals surface area contributed by atoms with Crippen molar-refractivity contribution in [2.45, 2.75) is 25.1 Å². The van der Waals surface area contributed by atoms with Crippen LogP contribution in [-0.2, 0) is 4.79 Å². The molecule has 17 heavy (non-hydrogen) atoms. The molecule has 0 spiro atoms. The maximum Gasteiger partial charge on any atom is 0.471 e. The molecule has 1 aromatic rings. The van der Waals surface area contributed by atoms with Crippen LogP contribution in [0, 0.1) is 0 Å². The summed E-state index contributed by atoms with van der Waals surface area (Å²) in [5.41, 5.74) is 0. The Bertz CT molecular complexity index is 378. The summed E-state index contributed by atoms with van der Waals surface area (Å²) in [6, 6.07) is 3.96. The summed E-state index contributed by atoms with van der Waals surface area (Å²) >= 11 is 0. The van der Waals surface area contributed by atoms with Gasteiger partial charge in [0.2, 0.25) is 0 Å². The highest BCUT2D eigenvalue weighted by atomic mass is 19.4. The Morgan fingerprint density at radius 3 is 2.12 bits per heavy atom. The molecule has 2 heterocycles. The molecule has 6 heteroatoms. The molecule has 0 radical (unpaired) electrons. The summed E-state index contributed by atoms with van der Waals surface area (Å²) in [5.74, 6) is -1.72. The minimum atomic E-state index is -4.75. The number of carbonyl (C=O) groups excluding carboxylic acids is 1.